The molecule has 0 aliphatic carbocycles. The van der Waals surface area contributed by atoms with E-state index in [-0.39, 0.29) is 0 Å². The molecule has 0 N–H and O–H groups in total. The monoisotopic (exact) mass is 321 g/mol. The zero-order valence-corrected chi connectivity index (χ0v) is 15.2. The molecule has 0 atom stereocenters. The predicted molar refractivity (Wildman–Crippen MR) is 96.0 cm³/mol. The molecule has 0 radical (unpaired) electrons. The lowest BCUT2D eigenvalue weighted by atomic mass is 9.95. The Hall–Kier alpha value is -0.580. The minimum absolute atomic E-state index is 0.827. The Morgan fingerprint density at radius 2 is 1.73 bits per heavy atom. The number of pyridine rings is 1. The third kappa shape index (κ3) is 5.25. The highest BCUT2D eigenvalue weighted by Crippen LogP contribution is 2.28. The maximum absolute atomic E-state index is 4.19. The first-order chi connectivity index (χ1) is 10.8. The van der Waals surface area contributed by atoms with Gasteiger partial charge in [0.05, 0.1) is 0 Å². The van der Waals surface area contributed by atoms with Crippen LogP contribution in [0.25, 0.3) is 0 Å². The van der Waals surface area contributed by atoms with Crippen LogP contribution in [0.3, 0.4) is 0 Å². The van der Waals surface area contributed by atoms with Crippen molar-refractivity contribution in [3.8, 4) is 0 Å². The van der Waals surface area contributed by atoms with Crippen LogP contribution < -0.4 is 0 Å². The van der Waals surface area contributed by atoms with Gasteiger partial charge in [-0.25, -0.2) is 4.31 Å². The second-order valence-electron chi connectivity index (χ2n) is 6.16. The van der Waals surface area contributed by atoms with Crippen molar-refractivity contribution < 1.29 is 0 Å². The molecule has 2 aliphatic rings. The molecule has 0 saturated carbocycles. The van der Waals surface area contributed by atoms with E-state index in [9.17, 15) is 0 Å². The molecular formula is C18H31N3S. The van der Waals surface area contributed by atoms with Crippen LogP contribution in [0.5, 0.6) is 0 Å². The highest BCUT2D eigenvalue weighted by molar-refractivity contribution is 7.97. The second-order valence-corrected chi connectivity index (χ2v) is 7.33. The topological polar surface area (TPSA) is 19.4 Å². The molecule has 0 spiro atoms. The summed E-state index contributed by atoms with van der Waals surface area (Å²) in [6.07, 6.45) is 9.23. The van der Waals surface area contributed by atoms with Gasteiger partial charge in [-0.1, -0.05) is 20.8 Å². The van der Waals surface area contributed by atoms with Gasteiger partial charge in [0.1, 0.15) is 0 Å². The fraction of sp³-hybridized carbons (Fsp3) is 0.722. The van der Waals surface area contributed by atoms with Crippen molar-refractivity contribution in [1.82, 2.24) is 14.2 Å². The van der Waals surface area contributed by atoms with Gasteiger partial charge >= 0.3 is 0 Å². The van der Waals surface area contributed by atoms with Gasteiger partial charge in [0.15, 0.2) is 0 Å². The SMILES string of the molecule is CC.CC1CCN(C2CCN(Sc3cccnc3)CC2)CC1. The molecule has 2 saturated heterocycles. The van der Waals surface area contributed by atoms with E-state index in [2.05, 4.69) is 27.2 Å². The highest BCUT2D eigenvalue weighted by Gasteiger charge is 2.27. The molecule has 0 unspecified atom stereocenters. The molecule has 1 aromatic rings. The van der Waals surface area contributed by atoms with Crippen molar-refractivity contribution in [3.05, 3.63) is 24.5 Å². The maximum atomic E-state index is 4.19. The summed E-state index contributed by atoms with van der Waals surface area (Å²) in [5, 5.41) is 0. The average molecular weight is 322 g/mol. The molecule has 3 heterocycles. The predicted octanol–water partition coefficient (Wildman–Crippen LogP) is 4.31. The number of hydrogen-bond donors (Lipinski definition) is 0. The number of piperidine rings is 2. The van der Waals surface area contributed by atoms with Gasteiger partial charge in [0, 0.05) is 36.4 Å². The second kappa shape index (κ2) is 9.53. The van der Waals surface area contributed by atoms with E-state index in [1.807, 2.05) is 44.3 Å². The lowest BCUT2D eigenvalue weighted by Gasteiger charge is -2.41. The Balaban J connectivity index is 0.000000847. The molecule has 2 aliphatic heterocycles. The van der Waals surface area contributed by atoms with E-state index in [1.165, 1.54) is 56.8 Å². The summed E-state index contributed by atoms with van der Waals surface area (Å²) in [4.78, 5) is 8.19. The van der Waals surface area contributed by atoms with Crippen LogP contribution in [-0.4, -0.2) is 46.4 Å². The summed E-state index contributed by atoms with van der Waals surface area (Å²) in [7, 11) is 0. The van der Waals surface area contributed by atoms with Crippen LogP contribution in [0.4, 0.5) is 0 Å². The molecule has 3 rings (SSSR count). The maximum Gasteiger partial charge on any atom is 0.0417 e. The molecule has 0 bridgehead atoms. The van der Waals surface area contributed by atoms with E-state index in [1.54, 1.807) is 0 Å². The van der Waals surface area contributed by atoms with Crippen molar-refractivity contribution >= 4 is 11.9 Å². The summed E-state index contributed by atoms with van der Waals surface area (Å²) >= 11 is 1.87. The zero-order chi connectivity index (χ0) is 15.8. The molecule has 4 heteroatoms. The summed E-state index contributed by atoms with van der Waals surface area (Å²) in [5.74, 6) is 0.937. The number of likely N-dealkylation sites (tertiary alicyclic amines) is 1. The molecule has 3 nitrogen and oxygen atoms in total. The summed E-state index contributed by atoms with van der Waals surface area (Å²) in [6, 6.07) is 4.99. The highest BCUT2D eigenvalue weighted by atomic mass is 32.2. The first kappa shape index (κ1) is 17.8. The van der Waals surface area contributed by atoms with Crippen LogP contribution >= 0.6 is 11.9 Å². The first-order valence-corrected chi connectivity index (χ1v) is 9.65. The van der Waals surface area contributed by atoms with E-state index in [0.717, 1.165) is 12.0 Å². The fourth-order valence-corrected chi connectivity index (χ4v) is 4.18. The largest absolute Gasteiger partial charge is 0.300 e. The third-order valence-corrected chi connectivity index (χ3v) is 5.70. The van der Waals surface area contributed by atoms with Gasteiger partial charge in [-0.2, -0.15) is 0 Å². The van der Waals surface area contributed by atoms with Gasteiger partial charge in [-0.15, -0.1) is 0 Å². The molecule has 0 amide bonds. The van der Waals surface area contributed by atoms with E-state index in [4.69, 9.17) is 0 Å². The van der Waals surface area contributed by atoms with E-state index >= 15 is 0 Å². The van der Waals surface area contributed by atoms with Crippen LogP contribution in [0.15, 0.2) is 29.4 Å². The number of rotatable bonds is 3. The molecular weight excluding hydrogens is 290 g/mol. The molecule has 124 valence electrons. The van der Waals surface area contributed by atoms with Crippen LogP contribution in [0.2, 0.25) is 0 Å². The van der Waals surface area contributed by atoms with Crippen LogP contribution in [0.1, 0.15) is 46.5 Å². The Labute approximate surface area is 140 Å². The summed E-state index contributed by atoms with van der Waals surface area (Å²) in [5.41, 5.74) is 0. The van der Waals surface area contributed by atoms with E-state index in [0.29, 0.717) is 0 Å². The minimum Gasteiger partial charge on any atom is -0.300 e. The van der Waals surface area contributed by atoms with Crippen molar-refractivity contribution in [3.63, 3.8) is 0 Å². The molecule has 22 heavy (non-hydrogen) atoms. The Kier molecular flexibility index (Phi) is 7.70. The normalized spacial score (nSPS) is 22.1. The average Bonchev–Trinajstić information content (AvgIpc) is 2.59. The first-order valence-electron chi connectivity index (χ1n) is 8.88. The van der Waals surface area contributed by atoms with Gasteiger partial charge in [0.25, 0.3) is 0 Å². The van der Waals surface area contributed by atoms with Gasteiger partial charge in [0.2, 0.25) is 0 Å². The van der Waals surface area contributed by atoms with Crippen LogP contribution in [-0.2, 0) is 0 Å². The number of nitrogens with zero attached hydrogens (tertiary/aromatic N) is 3. The minimum atomic E-state index is 0.827. The number of hydrogen-bond acceptors (Lipinski definition) is 4. The van der Waals surface area contributed by atoms with Crippen molar-refractivity contribution in [2.75, 3.05) is 26.2 Å². The quantitative estimate of drug-likeness (QED) is 0.772. The Morgan fingerprint density at radius 1 is 1.05 bits per heavy atom. The van der Waals surface area contributed by atoms with Gasteiger partial charge in [-0.05, 0) is 68.8 Å². The van der Waals surface area contributed by atoms with Gasteiger partial charge < -0.3 is 4.90 Å². The zero-order valence-electron chi connectivity index (χ0n) is 14.4. The molecule has 1 aromatic heterocycles. The fourth-order valence-electron chi connectivity index (χ4n) is 3.24. The smallest absolute Gasteiger partial charge is 0.0417 e. The summed E-state index contributed by atoms with van der Waals surface area (Å²) in [6.45, 7) is 11.4. The lowest BCUT2D eigenvalue weighted by Crippen LogP contribution is -2.46. The van der Waals surface area contributed by atoms with Crippen molar-refractivity contribution in [2.24, 2.45) is 5.92 Å². The standard InChI is InChI=1S/C16H25N3S.C2H6/c1-14-4-9-18(10-5-14)15-6-11-19(12-7-15)20-16-3-2-8-17-13-16;1-2/h2-3,8,13-15H,4-7,9-12H2,1H3;1-2H3. The van der Waals surface area contributed by atoms with Crippen LogP contribution in [0, 0.1) is 5.92 Å². The molecule has 0 aromatic carbocycles. The van der Waals surface area contributed by atoms with Crippen molar-refractivity contribution in [2.45, 2.75) is 57.4 Å². The number of aromatic nitrogens is 1. The van der Waals surface area contributed by atoms with E-state index < -0.39 is 0 Å². The Bertz CT molecular complexity index is 396. The van der Waals surface area contributed by atoms with Gasteiger partial charge in [-0.3, -0.25) is 4.98 Å². The van der Waals surface area contributed by atoms with Crippen molar-refractivity contribution in [1.29, 1.82) is 0 Å². The summed E-state index contributed by atoms with van der Waals surface area (Å²) < 4.78 is 2.50. The lowest BCUT2D eigenvalue weighted by molar-refractivity contribution is 0.103. The Morgan fingerprint density at radius 3 is 2.32 bits per heavy atom. The third-order valence-electron chi connectivity index (χ3n) is 4.63. The molecule has 2 fully saturated rings.